The molecule has 8 heteroatoms. The first-order valence-electron chi connectivity index (χ1n) is 7.76. The van der Waals surface area contributed by atoms with Crippen molar-refractivity contribution in [3.05, 3.63) is 65.2 Å². The highest BCUT2D eigenvalue weighted by atomic mass is 19.1. The summed E-state index contributed by atoms with van der Waals surface area (Å²) in [5.41, 5.74) is 4.37. The third kappa shape index (κ3) is 2.77. The van der Waals surface area contributed by atoms with Crippen LogP contribution in [0.25, 0.3) is 0 Å². The molecule has 0 aromatic heterocycles. The van der Waals surface area contributed by atoms with Crippen LogP contribution in [0.2, 0.25) is 0 Å². The van der Waals surface area contributed by atoms with Gasteiger partial charge in [-0.2, -0.15) is 0 Å². The van der Waals surface area contributed by atoms with Gasteiger partial charge in [-0.3, -0.25) is 9.69 Å². The molecular weight excluding hydrogens is 347 g/mol. The molecule has 0 radical (unpaired) electrons. The summed E-state index contributed by atoms with van der Waals surface area (Å²) in [5.74, 6) is -2.41. The van der Waals surface area contributed by atoms with Gasteiger partial charge in [0.1, 0.15) is 5.82 Å². The van der Waals surface area contributed by atoms with Crippen LogP contribution >= 0.6 is 0 Å². The minimum Gasteiger partial charge on any atom is -0.458 e. The van der Waals surface area contributed by atoms with Crippen LogP contribution < -0.4 is 10.5 Å². The Kier molecular flexibility index (Phi) is 4.35. The van der Waals surface area contributed by atoms with E-state index in [-0.39, 0.29) is 22.8 Å². The third-order valence-corrected chi connectivity index (χ3v) is 4.12. The number of likely N-dealkylation sites (N-methyl/N-ethyl adjacent to an activating group) is 1. The van der Waals surface area contributed by atoms with Gasteiger partial charge < -0.3 is 10.5 Å². The van der Waals surface area contributed by atoms with Gasteiger partial charge in [0.15, 0.2) is 23.1 Å². The standard InChI is InChI=1S/C18H16F3N3O2/c1-10(19)26-15-7-6-12(9-14(15)21)18(11-4-3-5-13(20)8-11)16(25)24(2)17(22)23-18/h3-10H,1-2H3,(H2,22,23). The number of hydrogen-bond donors (Lipinski definition) is 1. The summed E-state index contributed by atoms with van der Waals surface area (Å²) < 4.78 is 45.9. The average molecular weight is 363 g/mol. The maximum Gasteiger partial charge on any atom is 0.266 e. The Morgan fingerprint density at radius 3 is 2.42 bits per heavy atom. The van der Waals surface area contributed by atoms with Gasteiger partial charge in [0, 0.05) is 14.0 Å². The highest BCUT2D eigenvalue weighted by Gasteiger charge is 2.49. The summed E-state index contributed by atoms with van der Waals surface area (Å²) >= 11 is 0. The number of amides is 1. The van der Waals surface area contributed by atoms with E-state index in [1.165, 1.54) is 37.4 Å². The summed E-state index contributed by atoms with van der Waals surface area (Å²) in [4.78, 5) is 18.2. The van der Waals surface area contributed by atoms with Gasteiger partial charge >= 0.3 is 0 Å². The Hall–Kier alpha value is -3.03. The van der Waals surface area contributed by atoms with E-state index >= 15 is 0 Å². The number of carbonyl (C=O) groups excluding carboxylic acids is 1. The van der Waals surface area contributed by atoms with Gasteiger partial charge in [-0.1, -0.05) is 18.2 Å². The molecule has 2 aromatic carbocycles. The molecule has 1 aliphatic heterocycles. The molecule has 0 bridgehead atoms. The fourth-order valence-corrected chi connectivity index (χ4v) is 2.89. The van der Waals surface area contributed by atoms with Gasteiger partial charge in [0.2, 0.25) is 6.36 Å². The van der Waals surface area contributed by atoms with E-state index in [1.54, 1.807) is 0 Å². The van der Waals surface area contributed by atoms with Crippen molar-refractivity contribution in [3.63, 3.8) is 0 Å². The zero-order valence-corrected chi connectivity index (χ0v) is 14.0. The SMILES string of the molecule is CC(F)Oc1ccc(C2(c3cccc(F)c3)N=C(N)N(C)C2=O)cc1F. The second-order valence-corrected chi connectivity index (χ2v) is 5.86. The molecule has 136 valence electrons. The Bertz CT molecular complexity index is 901. The Morgan fingerprint density at radius 2 is 1.88 bits per heavy atom. The number of nitrogens with two attached hydrogens (primary N) is 1. The van der Waals surface area contributed by atoms with Crippen molar-refractivity contribution in [1.82, 2.24) is 4.90 Å². The van der Waals surface area contributed by atoms with Crippen molar-refractivity contribution in [1.29, 1.82) is 0 Å². The molecule has 1 amide bonds. The predicted octanol–water partition coefficient (Wildman–Crippen LogP) is 2.69. The molecule has 2 atom stereocenters. The topological polar surface area (TPSA) is 67.9 Å². The van der Waals surface area contributed by atoms with Crippen LogP contribution in [0.3, 0.4) is 0 Å². The number of benzene rings is 2. The molecule has 0 saturated carbocycles. The molecule has 2 aromatic rings. The van der Waals surface area contributed by atoms with Crippen LogP contribution in [0.1, 0.15) is 18.1 Å². The Labute approximate surface area is 147 Å². The molecular formula is C18H16F3N3O2. The van der Waals surface area contributed by atoms with E-state index in [4.69, 9.17) is 10.5 Å². The molecule has 2 unspecified atom stereocenters. The summed E-state index contributed by atoms with van der Waals surface area (Å²) in [6.07, 6.45) is -1.71. The Balaban J connectivity index is 2.21. The Morgan fingerprint density at radius 1 is 1.19 bits per heavy atom. The third-order valence-electron chi connectivity index (χ3n) is 4.12. The molecule has 0 saturated heterocycles. The summed E-state index contributed by atoms with van der Waals surface area (Å²) in [5, 5.41) is 0. The first kappa shape index (κ1) is 17.8. The number of alkyl halides is 1. The second-order valence-electron chi connectivity index (χ2n) is 5.86. The summed E-state index contributed by atoms with van der Waals surface area (Å²) in [6.45, 7) is 1.11. The van der Waals surface area contributed by atoms with Crippen molar-refractivity contribution in [2.45, 2.75) is 18.8 Å². The van der Waals surface area contributed by atoms with E-state index in [0.29, 0.717) is 0 Å². The lowest BCUT2D eigenvalue weighted by Gasteiger charge is -2.26. The van der Waals surface area contributed by atoms with Crippen molar-refractivity contribution in [2.75, 3.05) is 7.05 Å². The maximum absolute atomic E-state index is 14.4. The van der Waals surface area contributed by atoms with Crippen LogP contribution in [0.4, 0.5) is 13.2 Å². The van der Waals surface area contributed by atoms with Crippen LogP contribution in [0.15, 0.2) is 47.5 Å². The first-order valence-corrected chi connectivity index (χ1v) is 7.76. The number of guanidine groups is 1. The minimum absolute atomic E-state index is 0.0858. The van der Waals surface area contributed by atoms with Crippen LogP contribution in [-0.4, -0.2) is 30.2 Å². The molecule has 26 heavy (non-hydrogen) atoms. The number of hydrogen-bond acceptors (Lipinski definition) is 4. The number of carbonyl (C=O) groups is 1. The first-order chi connectivity index (χ1) is 12.3. The van der Waals surface area contributed by atoms with Crippen molar-refractivity contribution in [2.24, 2.45) is 10.7 Å². The highest BCUT2D eigenvalue weighted by Crippen LogP contribution is 2.40. The van der Waals surface area contributed by atoms with Crippen molar-refractivity contribution < 1.29 is 22.7 Å². The number of halogens is 3. The average Bonchev–Trinajstić information content (AvgIpc) is 2.81. The fourth-order valence-electron chi connectivity index (χ4n) is 2.89. The quantitative estimate of drug-likeness (QED) is 0.908. The summed E-state index contributed by atoms with van der Waals surface area (Å²) in [7, 11) is 1.42. The van der Waals surface area contributed by atoms with Gasteiger partial charge in [-0.15, -0.1) is 0 Å². The van der Waals surface area contributed by atoms with Crippen LogP contribution in [-0.2, 0) is 10.3 Å². The number of ether oxygens (including phenoxy) is 1. The van der Waals surface area contributed by atoms with E-state index in [9.17, 15) is 18.0 Å². The maximum atomic E-state index is 14.4. The smallest absolute Gasteiger partial charge is 0.266 e. The molecule has 0 aliphatic carbocycles. The lowest BCUT2D eigenvalue weighted by molar-refractivity contribution is -0.129. The molecule has 2 N–H and O–H groups in total. The van der Waals surface area contributed by atoms with Crippen LogP contribution in [0, 0.1) is 11.6 Å². The predicted molar refractivity (Wildman–Crippen MR) is 89.2 cm³/mol. The number of aliphatic imine (C=N–C) groups is 1. The van der Waals surface area contributed by atoms with Crippen molar-refractivity contribution in [3.8, 4) is 5.75 Å². The minimum atomic E-state index is -1.73. The largest absolute Gasteiger partial charge is 0.458 e. The lowest BCUT2D eigenvalue weighted by Crippen LogP contribution is -2.41. The normalized spacial score (nSPS) is 20.9. The van der Waals surface area contributed by atoms with Gasteiger partial charge in [0.25, 0.3) is 5.91 Å². The highest BCUT2D eigenvalue weighted by molar-refractivity contribution is 6.08. The summed E-state index contributed by atoms with van der Waals surface area (Å²) in [6, 6.07) is 8.85. The van der Waals surface area contributed by atoms with E-state index in [1.807, 2.05) is 0 Å². The van der Waals surface area contributed by atoms with Gasteiger partial charge in [0.05, 0.1) is 0 Å². The van der Waals surface area contributed by atoms with E-state index < -0.39 is 29.4 Å². The lowest BCUT2D eigenvalue weighted by atomic mass is 9.82. The molecule has 1 aliphatic rings. The molecule has 0 fully saturated rings. The molecule has 0 spiro atoms. The van der Waals surface area contributed by atoms with Crippen molar-refractivity contribution >= 4 is 11.9 Å². The monoisotopic (exact) mass is 363 g/mol. The van der Waals surface area contributed by atoms with Gasteiger partial charge in [-0.05, 0) is 35.4 Å². The van der Waals surface area contributed by atoms with E-state index in [0.717, 1.165) is 24.0 Å². The number of rotatable bonds is 4. The zero-order chi connectivity index (χ0) is 19.1. The van der Waals surface area contributed by atoms with Crippen LogP contribution in [0.5, 0.6) is 5.75 Å². The fraction of sp³-hybridized carbons (Fsp3) is 0.222. The van der Waals surface area contributed by atoms with Gasteiger partial charge in [-0.25, -0.2) is 18.2 Å². The number of nitrogens with zero attached hydrogens (tertiary/aromatic N) is 2. The van der Waals surface area contributed by atoms with E-state index in [2.05, 4.69) is 4.99 Å². The molecule has 1 heterocycles. The molecule has 5 nitrogen and oxygen atoms in total. The second kappa shape index (κ2) is 6.36. The molecule has 3 rings (SSSR count). The zero-order valence-electron chi connectivity index (χ0n) is 14.0.